The summed E-state index contributed by atoms with van der Waals surface area (Å²) in [6, 6.07) is 13.1. The molecule has 1 amide bonds. The SMILES string of the molecule is Cc1ccnc(NC(=O)c2cnc(-c3ccccc3)nc2N)c1. The fraction of sp³-hybridized carbons (Fsp3) is 0.0588. The number of amides is 1. The molecule has 1 aromatic carbocycles. The Morgan fingerprint density at radius 1 is 1.13 bits per heavy atom. The summed E-state index contributed by atoms with van der Waals surface area (Å²) in [5.41, 5.74) is 7.96. The second kappa shape index (κ2) is 6.23. The summed E-state index contributed by atoms with van der Waals surface area (Å²) in [5, 5.41) is 2.69. The standard InChI is InChI=1S/C17H15N5O/c1-11-7-8-19-14(9-11)21-17(23)13-10-20-16(22-15(13)18)12-5-3-2-4-6-12/h2-10H,1H3,(H2,18,20,22)(H,19,21,23). The number of carbonyl (C=O) groups is 1. The maximum absolute atomic E-state index is 12.3. The first-order valence-corrected chi connectivity index (χ1v) is 7.05. The lowest BCUT2D eigenvalue weighted by Crippen LogP contribution is -2.16. The molecule has 23 heavy (non-hydrogen) atoms. The van der Waals surface area contributed by atoms with Gasteiger partial charge in [-0.3, -0.25) is 4.79 Å². The van der Waals surface area contributed by atoms with Crippen molar-refractivity contribution in [3.63, 3.8) is 0 Å². The van der Waals surface area contributed by atoms with Crippen LogP contribution in [0.4, 0.5) is 11.6 Å². The van der Waals surface area contributed by atoms with Crippen molar-refractivity contribution in [2.24, 2.45) is 0 Å². The van der Waals surface area contributed by atoms with Crippen LogP contribution in [0.1, 0.15) is 15.9 Å². The quantitative estimate of drug-likeness (QED) is 0.776. The van der Waals surface area contributed by atoms with E-state index in [1.165, 1.54) is 6.20 Å². The molecule has 0 aliphatic rings. The van der Waals surface area contributed by atoms with E-state index in [2.05, 4.69) is 20.3 Å². The number of nitrogens with zero attached hydrogens (tertiary/aromatic N) is 3. The first-order chi connectivity index (χ1) is 11.1. The van der Waals surface area contributed by atoms with E-state index in [0.29, 0.717) is 11.6 Å². The molecule has 3 rings (SSSR count). The van der Waals surface area contributed by atoms with Crippen LogP contribution in [-0.4, -0.2) is 20.9 Å². The van der Waals surface area contributed by atoms with E-state index in [0.717, 1.165) is 11.1 Å². The van der Waals surface area contributed by atoms with Gasteiger partial charge in [0.25, 0.3) is 5.91 Å². The van der Waals surface area contributed by atoms with Gasteiger partial charge in [0.15, 0.2) is 5.82 Å². The van der Waals surface area contributed by atoms with Crippen LogP contribution in [0.5, 0.6) is 0 Å². The van der Waals surface area contributed by atoms with Crippen LogP contribution in [0.25, 0.3) is 11.4 Å². The minimum absolute atomic E-state index is 0.129. The number of rotatable bonds is 3. The van der Waals surface area contributed by atoms with Gasteiger partial charge < -0.3 is 11.1 Å². The number of anilines is 2. The Morgan fingerprint density at radius 2 is 1.91 bits per heavy atom. The Labute approximate surface area is 133 Å². The minimum atomic E-state index is -0.389. The summed E-state index contributed by atoms with van der Waals surface area (Å²) in [6.07, 6.45) is 3.05. The zero-order valence-corrected chi connectivity index (χ0v) is 12.5. The maximum atomic E-state index is 12.3. The molecule has 0 aliphatic heterocycles. The molecule has 0 saturated carbocycles. The third-order valence-electron chi connectivity index (χ3n) is 3.25. The Kier molecular flexibility index (Phi) is 3.97. The van der Waals surface area contributed by atoms with E-state index in [9.17, 15) is 4.79 Å². The smallest absolute Gasteiger partial charge is 0.262 e. The summed E-state index contributed by atoms with van der Waals surface area (Å²) < 4.78 is 0. The number of nitrogens with one attached hydrogen (secondary N) is 1. The third-order valence-corrected chi connectivity index (χ3v) is 3.25. The maximum Gasteiger partial charge on any atom is 0.262 e. The van der Waals surface area contributed by atoms with Gasteiger partial charge in [-0.1, -0.05) is 30.3 Å². The third kappa shape index (κ3) is 3.32. The average molecular weight is 305 g/mol. The van der Waals surface area contributed by atoms with Gasteiger partial charge in [-0.05, 0) is 24.6 Å². The molecule has 3 aromatic rings. The number of pyridine rings is 1. The van der Waals surface area contributed by atoms with Crippen molar-refractivity contribution < 1.29 is 4.79 Å². The number of aryl methyl sites for hydroxylation is 1. The van der Waals surface area contributed by atoms with Crippen molar-refractivity contribution in [2.45, 2.75) is 6.92 Å². The molecular formula is C17H15N5O. The Balaban J connectivity index is 1.84. The first kappa shape index (κ1) is 14.6. The lowest BCUT2D eigenvalue weighted by molar-refractivity contribution is 0.102. The number of hydrogen-bond acceptors (Lipinski definition) is 5. The highest BCUT2D eigenvalue weighted by atomic mass is 16.1. The fourth-order valence-corrected chi connectivity index (χ4v) is 2.08. The second-order valence-corrected chi connectivity index (χ2v) is 5.03. The monoisotopic (exact) mass is 305 g/mol. The zero-order valence-electron chi connectivity index (χ0n) is 12.5. The van der Waals surface area contributed by atoms with Gasteiger partial charge in [-0.2, -0.15) is 0 Å². The van der Waals surface area contributed by atoms with Crippen molar-refractivity contribution in [1.29, 1.82) is 0 Å². The van der Waals surface area contributed by atoms with Gasteiger partial charge in [0, 0.05) is 18.0 Å². The van der Waals surface area contributed by atoms with E-state index in [4.69, 9.17) is 5.73 Å². The van der Waals surface area contributed by atoms with Gasteiger partial charge >= 0.3 is 0 Å². The predicted octanol–water partition coefficient (Wildman–Crippen LogP) is 2.68. The number of nitrogens with two attached hydrogens (primary N) is 1. The lowest BCUT2D eigenvalue weighted by atomic mass is 10.2. The van der Waals surface area contributed by atoms with Crippen LogP contribution in [-0.2, 0) is 0 Å². The van der Waals surface area contributed by atoms with E-state index in [1.54, 1.807) is 12.3 Å². The molecule has 2 heterocycles. The van der Waals surface area contributed by atoms with Crippen molar-refractivity contribution in [3.05, 3.63) is 66.0 Å². The molecule has 0 radical (unpaired) electrons. The van der Waals surface area contributed by atoms with Crippen LogP contribution in [0.2, 0.25) is 0 Å². The summed E-state index contributed by atoms with van der Waals surface area (Å²) in [6.45, 7) is 1.92. The number of carbonyl (C=O) groups excluding carboxylic acids is 1. The fourth-order valence-electron chi connectivity index (χ4n) is 2.08. The molecule has 3 N–H and O–H groups in total. The Hall–Kier alpha value is -3.28. The molecule has 0 unspecified atom stereocenters. The average Bonchev–Trinajstić information content (AvgIpc) is 2.55. The van der Waals surface area contributed by atoms with Crippen LogP contribution in [0.3, 0.4) is 0 Å². The van der Waals surface area contributed by atoms with E-state index >= 15 is 0 Å². The summed E-state index contributed by atoms with van der Waals surface area (Å²) in [7, 11) is 0. The molecule has 6 nitrogen and oxygen atoms in total. The molecule has 2 aromatic heterocycles. The van der Waals surface area contributed by atoms with Crippen molar-refractivity contribution >= 4 is 17.5 Å². The van der Waals surface area contributed by atoms with Crippen molar-refractivity contribution in [3.8, 4) is 11.4 Å². The van der Waals surface area contributed by atoms with Gasteiger partial charge in [0.1, 0.15) is 17.2 Å². The van der Waals surface area contributed by atoms with Gasteiger partial charge in [0.2, 0.25) is 0 Å². The largest absolute Gasteiger partial charge is 0.383 e. The molecule has 6 heteroatoms. The van der Waals surface area contributed by atoms with Crippen LogP contribution in [0.15, 0.2) is 54.9 Å². The Bertz CT molecular complexity index is 849. The number of aromatic nitrogens is 3. The molecule has 0 bridgehead atoms. The number of benzene rings is 1. The van der Waals surface area contributed by atoms with E-state index in [-0.39, 0.29) is 17.3 Å². The summed E-state index contributed by atoms with van der Waals surface area (Å²) in [5.74, 6) is 0.680. The van der Waals surface area contributed by atoms with Crippen LogP contribution >= 0.6 is 0 Å². The molecule has 0 spiro atoms. The highest BCUT2D eigenvalue weighted by Crippen LogP contribution is 2.18. The molecule has 0 saturated heterocycles. The highest BCUT2D eigenvalue weighted by Gasteiger charge is 2.14. The second-order valence-electron chi connectivity index (χ2n) is 5.03. The van der Waals surface area contributed by atoms with Crippen LogP contribution < -0.4 is 11.1 Å². The topological polar surface area (TPSA) is 93.8 Å². The van der Waals surface area contributed by atoms with Crippen LogP contribution in [0, 0.1) is 6.92 Å². The lowest BCUT2D eigenvalue weighted by Gasteiger charge is -2.08. The highest BCUT2D eigenvalue weighted by molar-refractivity contribution is 6.06. The predicted molar refractivity (Wildman–Crippen MR) is 88.8 cm³/mol. The summed E-state index contributed by atoms with van der Waals surface area (Å²) >= 11 is 0. The first-order valence-electron chi connectivity index (χ1n) is 7.05. The van der Waals surface area contributed by atoms with E-state index in [1.807, 2.05) is 43.3 Å². The van der Waals surface area contributed by atoms with Crippen molar-refractivity contribution in [1.82, 2.24) is 15.0 Å². The number of hydrogen-bond donors (Lipinski definition) is 2. The molecule has 0 atom stereocenters. The zero-order chi connectivity index (χ0) is 16.2. The normalized spacial score (nSPS) is 10.3. The van der Waals surface area contributed by atoms with Gasteiger partial charge in [-0.25, -0.2) is 15.0 Å². The molecular weight excluding hydrogens is 290 g/mol. The Morgan fingerprint density at radius 3 is 2.61 bits per heavy atom. The number of nitrogen functional groups attached to an aromatic ring is 1. The van der Waals surface area contributed by atoms with Gasteiger partial charge in [-0.15, -0.1) is 0 Å². The molecule has 0 aliphatic carbocycles. The van der Waals surface area contributed by atoms with E-state index < -0.39 is 0 Å². The molecule has 114 valence electrons. The minimum Gasteiger partial charge on any atom is -0.383 e. The van der Waals surface area contributed by atoms with Gasteiger partial charge in [0.05, 0.1) is 0 Å². The van der Waals surface area contributed by atoms with Crippen molar-refractivity contribution in [2.75, 3.05) is 11.1 Å². The summed E-state index contributed by atoms with van der Waals surface area (Å²) in [4.78, 5) is 24.8. The molecule has 0 fully saturated rings.